The molecule has 0 heterocycles. The molecule has 116 valence electrons. The number of alkyl halides is 1. The molecule has 5 heteroatoms. The van der Waals surface area contributed by atoms with Crippen molar-refractivity contribution >= 4 is 23.5 Å². The van der Waals surface area contributed by atoms with Crippen molar-refractivity contribution in [3.8, 4) is 0 Å². The highest BCUT2D eigenvalue weighted by molar-refractivity contribution is 6.17. The van der Waals surface area contributed by atoms with Crippen LogP contribution in [-0.4, -0.2) is 29.0 Å². The molecule has 0 rings (SSSR count). The van der Waals surface area contributed by atoms with Crippen LogP contribution in [0.4, 0.5) is 0 Å². The molecule has 0 fully saturated rings. The quantitative estimate of drug-likeness (QED) is 0.194. The molecule has 0 amide bonds. The molecule has 20 heavy (non-hydrogen) atoms. The summed E-state index contributed by atoms with van der Waals surface area (Å²) >= 11 is 5.60. The highest BCUT2D eigenvalue weighted by atomic mass is 35.5. The molecular weight excluding hydrogens is 280 g/mol. The summed E-state index contributed by atoms with van der Waals surface area (Å²) in [6, 6.07) is 0. The number of esters is 2. The lowest BCUT2D eigenvalue weighted by atomic mass is 10.1. The Balaban J connectivity index is 5.03. The van der Waals surface area contributed by atoms with Crippen molar-refractivity contribution in [2.45, 2.75) is 65.6 Å². The van der Waals surface area contributed by atoms with E-state index in [2.05, 4.69) is 0 Å². The molecular formula is C15H25ClO4. The summed E-state index contributed by atoms with van der Waals surface area (Å²) < 4.78 is 10.5. The van der Waals surface area contributed by atoms with Gasteiger partial charge in [0.25, 0.3) is 0 Å². The maximum atomic E-state index is 12.1. The van der Waals surface area contributed by atoms with Gasteiger partial charge in [0.1, 0.15) is 16.8 Å². The summed E-state index contributed by atoms with van der Waals surface area (Å²) in [5.74, 6) is -0.866. The number of carbonyl (C=O) groups excluding carboxylic acids is 2. The van der Waals surface area contributed by atoms with Crippen LogP contribution in [0.5, 0.6) is 0 Å². The van der Waals surface area contributed by atoms with E-state index in [4.69, 9.17) is 21.1 Å². The largest absolute Gasteiger partial charge is 0.456 e. The molecule has 0 radical (unpaired) electrons. The normalized spacial score (nSPS) is 11.8. The molecule has 0 aromatic carbocycles. The van der Waals surface area contributed by atoms with E-state index in [0.717, 1.165) is 0 Å². The molecule has 0 bridgehead atoms. The van der Waals surface area contributed by atoms with Crippen LogP contribution in [0.2, 0.25) is 0 Å². The summed E-state index contributed by atoms with van der Waals surface area (Å²) in [5.41, 5.74) is -1.39. The smallest absolute Gasteiger partial charge is 0.345 e. The van der Waals surface area contributed by atoms with Crippen LogP contribution >= 0.6 is 11.6 Å². The van der Waals surface area contributed by atoms with Gasteiger partial charge >= 0.3 is 11.9 Å². The van der Waals surface area contributed by atoms with Gasteiger partial charge in [0, 0.05) is 5.88 Å². The average molecular weight is 305 g/mol. The lowest BCUT2D eigenvalue weighted by Crippen LogP contribution is -2.31. The lowest BCUT2D eigenvalue weighted by molar-refractivity contribution is -0.158. The zero-order valence-electron chi connectivity index (χ0n) is 13.2. The Labute approximate surface area is 126 Å². The number of halogens is 1. The van der Waals surface area contributed by atoms with Crippen LogP contribution in [0.25, 0.3) is 0 Å². The number of carbonyl (C=O) groups is 2. The summed E-state index contributed by atoms with van der Waals surface area (Å²) in [7, 11) is 0. The highest BCUT2D eigenvalue weighted by Gasteiger charge is 2.28. The van der Waals surface area contributed by atoms with Gasteiger partial charge in [-0.3, -0.25) is 0 Å². The third kappa shape index (κ3) is 8.97. The first-order chi connectivity index (χ1) is 8.96. The Bertz CT molecular complexity index is 342. The molecule has 0 atom stereocenters. The molecule has 0 aliphatic carbocycles. The second kappa shape index (κ2) is 7.67. The Hall–Kier alpha value is -1.03. The van der Waals surface area contributed by atoms with Crippen LogP contribution in [0, 0.1) is 0 Å². The molecule has 0 aliphatic rings. The SMILES string of the molecule is CC(C)(C)OC(=O)C(=CCCCCl)C(=O)OC(C)(C)C. The van der Waals surface area contributed by atoms with Crippen LogP contribution in [0.1, 0.15) is 54.4 Å². The maximum absolute atomic E-state index is 12.1. The van der Waals surface area contributed by atoms with E-state index in [0.29, 0.717) is 18.7 Å². The van der Waals surface area contributed by atoms with Gasteiger partial charge in [-0.2, -0.15) is 0 Å². The van der Waals surface area contributed by atoms with E-state index in [9.17, 15) is 9.59 Å². The molecule has 0 saturated heterocycles. The molecule has 0 spiro atoms. The van der Waals surface area contributed by atoms with Gasteiger partial charge < -0.3 is 9.47 Å². The van der Waals surface area contributed by atoms with Crippen LogP contribution in [0.3, 0.4) is 0 Å². The number of hydrogen-bond donors (Lipinski definition) is 0. The van der Waals surface area contributed by atoms with E-state index in [1.54, 1.807) is 41.5 Å². The molecule has 0 aromatic rings. The number of unbranched alkanes of at least 4 members (excludes halogenated alkanes) is 1. The molecule has 4 nitrogen and oxygen atoms in total. The number of allylic oxidation sites excluding steroid dienone is 1. The first-order valence-electron chi connectivity index (χ1n) is 6.69. The standard InChI is InChI=1S/C15H25ClO4/c1-14(2,3)19-12(17)11(9-7-8-10-16)13(18)20-15(4,5)6/h9H,7-8,10H2,1-6H3. The van der Waals surface area contributed by atoms with E-state index in [1.165, 1.54) is 6.08 Å². The van der Waals surface area contributed by atoms with Crippen molar-refractivity contribution in [2.24, 2.45) is 0 Å². The Morgan fingerprint density at radius 1 is 0.950 bits per heavy atom. The van der Waals surface area contributed by atoms with Crippen molar-refractivity contribution < 1.29 is 19.1 Å². The van der Waals surface area contributed by atoms with Crippen LogP contribution in [0.15, 0.2) is 11.6 Å². The molecule has 0 N–H and O–H groups in total. The van der Waals surface area contributed by atoms with Gasteiger partial charge in [-0.05, 0) is 54.4 Å². The molecule has 0 unspecified atom stereocenters. The summed E-state index contributed by atoms with van der Waals surface area (Å²) in [4.78, 5) is 24.1. The lowest BCUT2D eigenvalue weighted by Gasteiger charge is -2.23. The minimum Gasteiger partial charge on any atom is -0.456 e. The molecule has 0 aromatic heterocycles. The summed E-state index contributed by atoms with van der Waals surface area (Å²) in [6.07, 6.45) is 2.73. The third-order valence-corrected chi connectivity index (χ3v) is 2.19. The summed E-state index contributed by atoms with van der Waals surface area (Å²) in [5, 5.41) is 0. The maximum Gasteiger partial charge on any atom is 0.345 e. The molecule has 0 saturated carbocycles. The van der Waals surface area contributed by atoms with E-state index < -0.39 is 23.1 Å². The van der Waals surface area contributed by atoms with E-state index >= 15 is 0 Å². The Morgan fingerprint density at radius 3 is 1.65 bits per heavy atom. The first kappa shape index (κ1) is 19.0. The first-order valence-corrected chi connectivity index (χ1v) is 7.22. The molecule has 0 aliphatic heterocycles. The second-order valence-electron chi connectivity index (χ2n) is 6.45. The van der Waals surface area contributed by atoms with Crippen molar-refractivity contribution in [3.05, 3.63) is 11.6 Å². The monoisotopic (exact) mass is 304 g/mol. The summed E-state index contributed by atoms with van der Waals surface area (Å²) in [6.45, 7) is 10.5. The minimum absolute atomic E-state index is 0.0695. The number of hydrogen-bond acceptors (Lipinski definition) is 4. The van der Waals surface area contributed by atoms with Crippen molar-refractivity contribution in [3.63, 3.8) is 0 Å². The number of rotatable bonds is 5. The van der Waals surface area contributed by atoms with Crippen LogP contribution < -0.4 is 0 Å². The third-order valence-electron chi connectivity index (χ3n) is 1.92. The second-order valence-corrected chi connectivity index (χ2v) is 6.83. The van der Waals surface area contributed by atoms with Gasteiger partial charge in [-0.1, -0.05) is 6.08 Å². The Morgan fingerprint density at radius 2 is 1.35 bits per heavy atom. The fraction of sp³-hybridized carbons (Fsp3) is 0.733. The predicted octanol–water partition coefficient (Wildman–Crippen LogP) is 3.62. The zero-order valence-corrected chi connectivity index (χ0v) is 14.0. The topological polar surface area (TPSA) is 52.6 Å². The Kier molecular flexibility index (Phi) is 7.28. The van der Waals surface area contributed by atoms with Crippen molar-refractivity contribution in [2.75, 3.05) is 5.88 Å². The minimum atomic E-state index is -0.665. The van der Waals surface area contributed by atoms with Gasteiger partial charge in [0.2, 0.25) is 0 Å². The van der Waals surface area contributed by atoms with E-state index in [1.807, 2.05) is 0 Å². The highest BCUT2D eigenvalue weighted by Crippen LogP contribution is 2.16. The zero-order chi connectivity index (χ0) is 16.0. The van der Waals surface area contributed by atoms with Crippen LogP contribution in [-0.2, 0) is 19.1 Å². The van der Waals surface area contributed by atoms with Crippen molar-refractivity contribution in [1.29, 1.82) is 0 Å². The van der Waals surface area contributed by atoms with Crippen molar-refractivity contribution in [1.82, 2.24) is 0 Å². The fourth-order valence-corrected chi connectivity index (χ4v) is 1.39. The van der Waals surface area contributed by atoms with Gasteiger partial charge in [0.05, 0.1) is 0 Å². The fourth-order valence-electron chi connectivity index (χ4n) is 1.24. The number of ether oxygens (including phenoxy) is 2. The predicted molar refractivity (Wildman–Crippen MR) is 79.7 cm³/mol. The van der Waals surface area contributed by atoms with Gasteiger partial charge in [-0.25, -0.2) is 9.59 Å². The van der Waals surface area contributed by atoms with Gasteiger partial charge in [0.15, 0.2) is 0 Å². The average Bonchev–Trinajstić information content (AvgIpc) is 2.18. The van der Waals surface area contributed by atoms with Gasteiger partial charge in [-0.15, -0.1) is 11.6 Å². The van der Waals surface area contributed by atoms with E-state index in [-0.39, 0.29) is 5.57 Å².